The van der Waals surface area contributed by atoms with E-state index in [-0.39, 0.29) is 0 Å². The maximum Gasteiger partial charge on any atom is 0.0998 e. The molecular formula is C17H16BrN. The molecule has 0 spiro atoms. The van der Waals surface area contributed by atoms with Gasteiger partial charge in [0.1, 0.15) is 0 Å². The Bertz CT molecular complexity index is 611. The molecule has 0 amide bonds. The summed E-state index contributed by atoms with van der Waals surface area (Å²) in [7, 11) is 0. The molecule has 1 nitrogen and oxygen atoms in total. The molecule has 0 N–H and O–H groups in total. The lowest BCUT2D eigenvalue weighted by Crippen LogP contribution is -1.90. The van der Waals surface area contributed by atoms with Crippen molar-refractivity contribution in [2.24, 2.45) is 0 Å². The highest BCUT2D eigenvalue weighted by Gasteiger charge is 2.07. The average molecular weight is 314 g/mol. The largest absolute Gasteiger partial charge is 0.192 e. The highest BCUT2D eigenvalue weighted by Crippen LogP contribution is 2.28. The Kier molecular flexibility index (Phi) is 4.76. The van der Waals surface area contributed by atoms with Gasteiger partial charge in [-0.15, -0.1) is 0 Å². The van der Waals surface area contributed by atoms with Crippen LogP contribution in [0.1, 0.15) is 30.9 Å². The quantitative estimate of drug-likeness (QED) is 0.748. The second-order valence-corrected chi connectivity index (χ2v) is 5.42. The molecule has 0 unspecified atom stereocenters. The molecule has 2 aromatic carbocycles. The van der Waals surface area contributed by atoms with Crippen LogP contribution in [-0.2, 0) is 6.42 Å². The van der Waals surface area contributed by atoms with Gasteiger partial charge in [-0.3, -0.25) is 0 Å². The minimum atomic E-state index is 0.728. The molecule has 2 aromatic rings. The van der Waals surface area contributed by atoms with Crippen molar-refractivity contribution in [3.8, 4) is 17.2 Å². The summed E-state index contributed by atoms with van der Waals surface area (Å²) in [5.41, 5.74) is 4.17. The minimum Gasteiger partial charge on any atom is -0.192 e. The Morgan fingerprint density at radius 3 is 2.68 bits per heavy atom. The van der Waals surface area contributed by atoms with Gasteiger partial charge in [0.05, 0.1) is 11.6 Å². The first kappa shape index (κ1) is 13.8. The van der Waals surface area contributed by atoms with E-state index in [1.807, 2.05) is 24.3 Å². The molecule has 0 aliphatic rings. The highest BCUT2D eigenvalue weighted by molar-refractivity contribution is 9.10. The van der Waals surface area contributed by atoms with Crippen molar-refractivity contribution < 1.29 is 0 Å². The van der Waals surface area contributed by atoms with Crippen LogP contribution in [0.2, 0.25) is 0 Å². The van der Waals surface area contributed by atoms with Gasteiger partial charge < -0.3 is 0 Å². The van der Waals surface area contributed by atoms with Crippen LogP contribution in [0.5, 0.6) is 0 Å². The predicted molar refractivity (Wildman–Crippen MR) is 82.9 cm³/mol. The zero-order valence-electron chi connectivity index (χ0n) is 11.0. The van der Waals surface area contributed by atoms with Gasteiger partial charge in [0.15, 0.2) is 0 Å². The summed E-state index contributed by atoms with van der Waals surface area (Å²) >= 11 is 3.60. The number of hydrogen-bond acceptors (Lipinski definition) is 1. The Balaban J connectivity index is 2.43. The van der Waals surface area contributed by atoms with Crippen molar-refractivity contribution in [1.29, 1.82) is 5.26 Å². The molecule has 0 aromatic heterocycles. The number of hydrogen-bond donors (Lipinski definition) is 0. The molecule has 0 atom stereocenters. The summed E-state index contributed by atoms with van der Waals surface area (Å²) < 4.78 is 1.15. The standard InChI is InChI=1S/C17H16BrN/c1-2-3-6-14-11-13(9-10-17(14)18)16-8-5-4-7-15(16)12-19/h4-5,7-11H,2-3,6H2,1H3. The van der Waals surface area contributed by atoms with Crippen LogP contribution in [0.3, 0.4) is 0 Å². The predicted octanol–water partition coefficient (Wildman–Crippen LogP) is 5.33. The molecule has 0 saturated carbocycles. The third kappa shape index (κ3) is 3.24. The van der Waals surface area contributed by atoms with E-state index in [0.29, 0.717) is 0 Å². The molecule has 96 valence electrons. The van der Waals surface area contributed by atoms with E-state index in [2.05, 4.69) is 47.1 Å². The number of aryl methyl sites for hydroxylation is 1. The van der Waals surface area contributed by atoms with Crippen LogP contribution in [0.15, 0.2) is 46.9 Å². The lowest BCUT2D eigenvalue weighted by Gasteiger charge is -2.09. The normalized spacial score (nSPS) is 10.2. The van der Waals surface area contributed by atoms with E-state index in [1.165, 1.54) is 18.4 Å². The van der Waals surface area contributed by atoms with Crippen LogP contribution in [-0.4, -0.2) is 0 Å². The van der Waals surface area contributed by atoms with Crippen LogP contribution in [0, 0.1) is 11.3 Å². The number of unbranched alkanes of at least 4 members (excludes halogenated alkanes) is 1. The average Bonchev–Trinajstić information content (AvgIpc) is 2.46. The molecule has 0 saturated heterocycles. The van der Waals surface area contributed by atoms with E-state index in [4.69, 9.17) is 0 Å². The fourth-order valence-electron chi connectivity index (χ4n) is 2.13. The molecule has 0 bridgehead atoms. The molecule has 0 radical (unpaired) electrons. The lowest BCUT2D eigenvalue weighted by molar-refractivity contribution is 0.793. The van der Waals surface area contributed by atoms with Crippen molar-refractivity contribution in [2.45, 2.75) is 26.2 Å². The molecule has 0 aliphatic heterocycles. The summed E-state index contributed by atoms with van der Waals surface area (Å²) in [4.78, 5) is 0. The van der Waals surface area contributed by atoms with Crippen molar-refractivity contribution in [3.05, 3.63) is 58.1 Å². The van der Waals surface area contributed by atoms with Gasteiger partial charge in [0.2, 0.25) is 0 Å². The Labute approximate surface area is 123 Å². The lowest BCUT2D eigenvalue weighted by atomic mass is 9.97. The SMILES string of the molecule is CCCCc1cc(-c2ccccc2C#N)ccc1Br. The highest BCUT2D eigenvalue weighted by atomic mass is 79.9. The third-order valence-electron chi connectivity index (χ3n) is 3.20. The van der Waals surface area contributed by atoms with E-state index in [1.54, 1.807) is 0 Å². The van der Waals surface area contributed by atoms with Crippen LogP contribution >= 0.6 is 15.9 Å². The molecule has 2 rings (SSSR count). The van der Waals surface area contributed by atoms with Gasteiger partial charge in [-0.25, -0.2) is 0 Å². The second kappa shape index (κ2) is 6.54. The summed E-state index contributed by atoms with van der Waals surface area (Å²) in [6.45, 7) is 2.20. The fourth-order valence-corrected chi connectivity index (χ4v) is 2.58. The van der Waals surface area contributed by atoms with Crippen molar-refractivity contribution >= 4 is 15.9 Å². The molecule has 2 heteroatoms. The van der Waals surface area contributed by atoms with Gasteiger partial charge in [0, 0.05) is 4.47 Å². The monoisotopic (exact) mass is 313 g/mol. The first-order valence-electron chi connectivity index (χ1n) is 6.54. The van der Waals surface area contributed by atoms with E-state index < -0.39 is 0 Å². The summed E-state index contributed by atoms with van der Waals surface area (Å²) in [6.07, 6.45) is 3.44. The maximum absolute atomic E-state index is 9.19. The number of halogens is 1. The first-order valence-corrected chi connectivity index (χ1v) is 7.33. The van der Waals surface area contributed by atoms with Gasteiger partial charge in [0.25, 0.3) is 0 Å². The van der Waals surface area contributed by atoms with E-state index in [9.17, 15) is 5.26 Å². The number of nitrogens with zero attached hydrogens (tertiary/aromatic N) is 1. The minimum absolute atomic E-state index is 0.728. The molecule has 0 heterocycles. The topological polar surface area (TPSA) is 23.8 Å². The molecule has 19 heavy (non-hydrogen) atoms. The van der Waals surface area contributed by atoms with Crippen molar-refractivity contribution in [3.63, 3.8) is 0 Å². The summed E-state index contributed by atoms with van der Waals surface area (Å²) in [5, 5.41) is 9.19. The maximum atomic E-state index is 9.19. The number of rotatable bonds is 4. The van der Waals surface area contributed by atoms with E-state index >= 15 is 0 Å². The smallest absolute Gasteiger partial charge is 0.0998 e. The number of nitriles is 1. The van der Waals surface area contributed by atoms with Crippen LogP contribution in [0.4, 0.5) is 0 Å². The second-order valence-electron chi connectivity index (χ2n) is 4.57. The Morgan fingerprint density at radius 2 is 1.95 bits per heavy atom. The summed E-state index contributed by atoms with van der Waals surface area (Å²) in [5.74, 6) is 0. The van der Waals surface area contributed by atoms with Crippen LogP contribution in [0.25, 0.3) is 11.1 Å². The number of benzene rings is 2. The van der Waals surface area contributed by atoms with Gasteiger partial charge in [-0.05, 0) is 47.7 Å². The van der Waals surface area contributed by atoms with Crippen molar-refractivity contribution in [2.75, 3.05) is 0 Å². The zero-order chi connectivity index (χ0) is 13.7. The van der Waals surface area contributed by atoms with Gasteiger partial charge >= 0.3 is 0 Å². The molecule has 0 aliphatic carbocycles. The zero-order valence-corrected chi connectivity index (χ0v) is 12.6. The Hall–Kier alpha value is -1.59. The van der Waals surface area contributed by atoms with E-state index in [0.717, 1.165) is 27.6 Å². The van der Waals surface area contributed by atoms with Gasteiger partial charge in [-0.2, -0.15) is 5.26 Å². The third-order valence-corrected chi connectivity index (χ3v) is 3.98. The molecule has 0 fully saturated rings. The van der Waals surface area contributed by atoms with Crippen molar-refractivity contribution in [1.82, 2.24) is 0 Å². The summed E-state index contributed by atoms with van der Waals surface area (Å²) in [6, 6.07) is 16.3. The van der Waals surface area contributed by atoms with Gasteiger partial charge in [-0.1, -0.05) is 53.5 Å². The fraction of sp³-hybridized carbons (Fsp3) is 0.235. The van der Waals surface area contributed by atoms with Crippen LogP contribution < -0.4 is 0 Å². The Morgan fingerprint density at radius 1 is 1.16 bits per heavy atom. The molecular weight excluding hydrogens is 298 g/mol. The first-order chi connectivity index (χ1) is 9.26.